The van der Waals surface area contributed by atoms with Gasteiger partial charge < -0.3 is 10.6 Å². The van der Waals surface area contributed by atoms with E-state index in [0.29, 0.717) is 11.5 Å². The highest BCUT2D eigenvalue weighted by Gasteiger charge is 2.13. The van der Waals surface area contributed by atoms with Gasteiger partial charge in [-0.25, -0.2) is 9.97 Å². The van der Waals surface area contributed by atoms with Gasteiger partial charge in [-0.3, -0.25) is 4.79 Å². The summed E-state index contributed by atoms with van der Waals surface area (Å²) in [4.78, 5) is 20.4. The number of hydrogen-bond acceptors (Lipinski definition) is 4. The van der Waals surface area contributed by atoms with Crippen molar-refractivity contribution in [2.24, 2.45) is 0 Å². The van der Waals surface area contributed by atoms with Crippen LogP contribution in [0.1, 0.15) is 23.0 Å². The summed E-state index contributed by atoms with van der Waals surface area (Å²) in [7, 11) is 0. The lowest BCUT2D eigenvalue weighted by Gasteiger charge is -2.10. The van der Waals surface area contributed by atoms with Gasteiger partial charge in [-0.05, 0) is 63.4 Å². The van der Waals surface area contributed by atoms with Crippen LogP contribution in [0.15, 0.2) is 33.5 Å². The molecule has 7 heteroatoms. The first-order valence-electron chi connectivity index (χ1n) is 6.34. The van der Waals surface area contributed by atoms with E-state index in [-0.39, 0.29) is 11.6 Å². The molecule has 5 nitrogen and oxygen atoms in total. The van der Waals surface area contributed by atoms with Crippen LogP contribution in [-0.2, 0) is 0 Å². The lowest BCUT2D eigenvalue weighted by Crippen LogP contribution is -2.15. The van der Waals surface area contributed by atoms with Crippen LogP contribution in [0.4, 0.5) is 11.5 Å². The molecule has 1 heterocycles. The third-order valence-corrected chi connectivity index (χ3v) is 3.92. The quantitative estimate of drug-likeness (QED) is 0.794. The number of carbonyl (C=O) groups excluding carboxylic acids is 1. The second kappa shape index (κ2) is 7.00. The van der Waals surface area contributed by atoms with Crippen molar-refractivity contribution in [3.63, 3.8) is 0 Å². The van der Waals surface area contributed by atoms with Crippen LogP contribution in [0.2, 0.25) is 0 Å². The molecule has 21 heavy (non-hydrogen) atoms. The lowest BCUT2D eigenvalue weighted by atomic mass is 10.2. The van der Waals surface area contributed by atoms with Gasteiger partial charge in [0, 0.05) is 15.5 Å². The van der Waals surface area contributed by atoms with Gasteiger partial charge in [0.25, 0.3) is 5.91 Å². The molecular weight excluding hydrogens is 400 g/mol. The van der Waals surface area contributed by atoms with Crippen molar-refractivity contribution in [2.75, 3.05) is 17.2 Å². The first-order valence-corrected chi connectivity index (χ1v) is 7.92. The van der Waals surface area contributed by atoms with Crippen LogP contribution in [-0.4, -0.2) is 22.4 Å². The minimum absolute atomic E-state index is 0.260. The Hall–Kier alpha value is -1.47. The molecule has 0 bridgehead atoms. The van der Waals surface area contributed by atoms with Gasteiger partial charge in [-0.2, -0.15) is 0 Å². The first kappa shape index (κ1) is 15.9. The Balaban J connectivity index is 2.18. The van der Waals surface area contributed by atoms with Crippen molar-refractivity contribution >= 4 is 49.3 Å². The van der Waals surface area contributed by atoms with Gasteiger partial charge in [0.05, 0.1) is 18.1 Å². The number of halogens is 2. The highest BCUT2D eigenvalue weighted by molar-refractivity contribution is 9.11. The standard InChI is InChI=1S/C14H14Br2N4O/c1-3-17-12-7-18-11(6-19-12)14(21)20-13-9(15)4-8(2)5-10(13)16/h4-7H,3H2,1-2H3,(H,17,19)(H,20,21). The molecule has 2 aromatic rings. The number of amides is 1. The predicted octanol–water partition coefficient (Wildman–Crippen LogP) is 3.99. The van der Waals surface area contributed by atoms with Crippen molar-refractivity contribution in [3.05, 3.63) is 44.7 Å². The van der Waals surface area contributed by atoms with Gasteiger partial charge in [0.2, 0.25) is 0 Å². The largest absolute Gasteiger partial charge is 0.369 e. The number of hydrogen-bond donors (Lipinski definition) is 2. The molecule has 0 radical (unpaired) electrons. The van der Waals surface area contributed by atoms with Crippen LogP contribution < -0.4 is 10.6 Å². The number of nitrogens with one attached hydrogen (secondary N) is 2. The van der Waals surface area contributed by atoms with Crippen LogP contribution in [0.5, 0.6) is 0 Å². The molecule has 0 saturated heterocycles. The average molecular weight is 414 g/mol. The van der Waals surface area contributed by atoms with Crippen molar-refractivity contribution in [2.45, 2.75) is 13.8 Å². The Morgan fingerprint density at radius 2 is 1.86 bits per heavy atom. The Bertz CT molecular complexity index is 636. The second-order valence-electron chi connectivity index (χ2n) is 4.37. The van der Waals surface area contributed by atoms with Crippen LogP contribution >= 0.6 is 31.9 Å². The minimum atomic E-state index is -0.309. The molecule has 1 aromatic heterocycles. The number of benzene rings is 1. The fourth-order valence-electron chi connectivity index (χ4n) is 1.71. The summed E-state index contributed by atoms with van der Waals surface area (Å²) in [6.45, 7) is 4.70. The Morgan fingerprint density at radius 3 is 2.38 bits per heavy atom. The summed E-state index contributed by atoms with van der Waals surface area (Å²) in [5.74, 6) is 0.336. The molecule has 110 valence electrons. The van der Waals surface area contributed by atoms with E-state index in [1.165, 1.54) is 12.4 Å². The normalized spacial score (nSPS) is 10.3. The maximum atomic E-state index is 12.2. The van der Waals surface area contributed by atoms with E-state index in [9.17, 15) is 4.79 Å². The van der Waals surface area contributed by atoms with Gasteiger partial charge in [0.15, 0.2) is 0 Å². The summed E-state index contributed by atoms with van der Waals surface area (Å²) in [6.07, 6.45) is 2.99. The molecule has 2 N–H and O–H groups in total. The van der Waals surface area contributed by atoms with E-state index in [4.69, 9.17) is 0 Å². The highest BCUT2D eigenvalue weighted by atomic mass is 79.9. The van der Waals surface area contributed by atoms with Crippen molar-refractivity contribution in [3.8, 4) is 0 Å². The van der Waals surface area contributed by atoms with Gasteiger partial charge in [-0.15, -0.1) is 0 Å². The SMILES string of the molecule is CCNc1cnc(C(=O)Nc2c(Br)cc(C)cc2Br)cn1. The summed E-state index contributed by atoms with van der Waals surface area (Å²) in [5, 5.41) is 5.85. The maximum absolute atomic E-state index is 12.2. The zero-order valence-corrected chi connectivity index (χ0v) is 14.7. The average Bonchev–Trinajstić information content (AvgIpc) is 2.43. The number of anilines is 2. The summed E-state index contributed by atoms with van der Waals surface area (Å²) in [6, 6.07) is 3.86. The maximum Gasteiger partial charge on any atom is 0.275 e. The van der Waals surface area contributed by atoms with Crippen molar-refractivity contribution in [1.29, 1.82) is 0 Å². The molecule has 0 fully saturated rings. The molecule has 1 aromatic carbocycles. The van der Waals surface area contributed by atoms with Crippen molar-refractivity contribution < 1.29 is 4.79 Å². The Morgan fingerprint density at radius 1 is 1.19 bits per heavy atom. The summed E-state index contributed by atoms with van der Waals surface area (Å²) >= 11 is 6.88. The number of carbonyl (C=O) groups is 1. The minimum Gasteiger partial charge on any atom is -0.369 e. The van der Waals surface area contributed by atoms with E-state index in [1.807, 2.05) is 26.0 Å². The number of aromatic nitrogens is 2. The third kappa shape index (κ3) is 4.01. The molecule has 0 aliphatic heterocycles. The fraction of sp³-hybridized carbons (Fsp3) is 0.214. The molecule has 0 atom stereocenters. The lowest BCUT2D eigenvalue weighted by molar-refractivity contribution is 0.102. The summed E-state index contributed by atoms with van der Waals surface area (Å²) < 4.78 is 1.61. The van der Waals surface area contributed by atoms with E-state index < -0.39 is 0 Å². The molecule has 0 unspecified atom stereocenters. The predicted molar refractivity (Wildman–Crippen MR) is 90.7 cm³/mol. The topological polar surface area (TPSA) is 66.9 Å². The van der Waals surface area contributed by atoms with Crippen LogP contribution in [0.3, 0.4) is 0 Å². The van der Waals surface area contributed by atoms with Gasteiger partial charge in [-0.1, -0.05) is 0 Å². The summed E-state index contributed by atoms with van der Waals surface area (Å²) in [5.41, 5.74) is 2.01. The number of rotatable bonds is 4. The monoisotopic (exact) mass is 412 g/mol. The molecular formula is C14H14Br2N4O. The Kier molecular flexibility index (Phi) is 5.30. The van der Waals surface area contributed by atoms with Gasteiger partial charge >= 0.3 is 0 Å². The van der Waals surface area contributed by atoms with E-state index in [1.54, 1.807) is 0 Å². The molecule has 0 spiro atoms. The zero-order chi connectivity index (χ0) is 15.4. The number of aryl methyl sites for hydroxylation is 1. The molecule has 0 aliphatic carbocycles. The van der Waals surface area contributed by atoms with Crippen LogP contribution in [0, 0.1) is 6.92 Å². The third-order valence-electron chi connectivity index (χ3n) is 2.67. The molecule has 0 saturated carbocycles. The first-order chi connectivity index (χ1) is 10.0. The molecule has 1 amide bonds. The Labute approximate surface area is 139 Å². The molecule has 0 aliphatic rings. The van der Waals surface area contributed by atoms with E-state index in [0.717, 1.165) is 21.1 Å². The number of nitrogens with zero attached hydrogens (tertiary/aromatic N) is 2. The smallest absolute Gasteiger partial charge is 0.275 e. The van der Waals surface area contributed by atoms with Crippen LogP contribution in [0.25, 0.3) is 0 Å². The van der Waals surface area contributed by atoms with E-state index in [2.05, 4.69) is 52.5 Å². The molecule has 2 rings (SSSR count). The highest BCUT2D eigenvalue weighted by Crippen LogP contribution is 2.32. The van der Waals surface area contributed by atoms with Crippen molar-refractivity contribution in [1.82, 2.24) is 9.97 Å². The fourth-order valence-corrected chi connectivity index (χ4v) is 3.33. The zero-order valence-electron chi connectivity index (χ0n) is 11.6. The van der Waals surface area contributed by atoms with E-state index >= 15 is 0 Å². The van der Waals surface area contributed by atoms with Gasteiger partial charge in [0.1, 0.15) is 11.5 Å². The second-order valence-corrected chi connectivity index (χ2v) is 6.08.